The van der Waals surface area contributed by atoms with E-state index in [-0.39, 0.29) is 6.61 Å². The van der Waals surface area contributed by atoms with Crippen molar-refractivity contribution < 1.29 is 5.11 Å². The number of aryl methyl sites for hydroxylation is 1. The molecule has 0 amide bonds. The highest BCUT2D eigenvalue weighted by Gasteiger charge is 2.24. The topological polar surface area (TPSA) is 32.3 Å². The van der Waals surface area contributed by atoms with Gasteiger partial charge in [-0.2, -0.15) is 0 Å². The second kappa shape index (κ2) is 5.85. The second-order valence-electron chi connectivity index (χ2n) is 4.72. The Kier molecular flexibility index (Phi) is 4.43. The monoisotopic (exact) mass is 253 g/mol. The van der Waals surface area contributed by atoms with Crippen molar-refractivity contribution in [1.29, 1.82) is 0 Å². The van der Waals surface area contributed by atoms with Gasteiger partial charge in [-0.15, -0.1) is 0 Å². The van der Waals surface area contributed by atoms with E-state index in [4.69, 9.17) is 16.7 Å². The Hall–Kier alpha value is -0.570. The van der Waals surface area contributed by atoms with Gasteiger partial charge in [0.15, 0.2) is 0 Å². The molecular weight excluding hydrogens is 234 g/mol. The lowest BCUT2D eigenvalue weighted by atomic mass is 10.1. The van der Waals surface area contributed by atoms with Crippen molar-refractivity contribution in [3.05, 3.63) is 34.3 Å². The normalized spacial score (nSPS) is 20.3. The average Bonchev–Trinajstić information content (AvgIpc) is 2.71. The lowest BCUT2D eigenvalue weighted by Gasteiger charge is -2.22. The average molecular weight is 254 g/mol. The number of aliphatic hydroxyl groups is 1. The Morgan fingerprint density at radius 2 is 2.35 bits per heavy atom. The van der Waals surface area contributed by atoms with E-state index in [1.807, 2.05) is 6.07 Å². The first-order valence-corrected chi connectivity index (χ1v) is 6.77. The Morgan fingerprint density at radius 3 is 3.06 bits per heavy atom. The van der Waals surface area contributed by atoms with E-state index in [1.54, 1.807) is 0 Å². The van der Waals surface area contributed by atoms with Crippen LogP contribution in [-0.4, -0.2) is 17.8 Å². The molecule has 2 unspecified atom stereocenters. The van der Waals surface area contributed by atoms with Crippen LogP contribution in [0.15, 0.2) is 18.2 Å². The third-order valence-corrected chi connectivity index (χ3v) is 3.83. The molecule has 0 aromatic heterocycles. The van der Waals surface area contributed by atoms with Crippen molar-refractivity contribution in [3.63, 3.8) is 0 Å². The summed E-state index contributed by atoms with van der Waals surface area (Å²) in [7, 11) is 0. The number of hydrogen-bond donors (Lipinski definition) is 2. The number of aliphatic hydroxyl groups excluding tert-OH is 1. The molecule has 1 aromatic rings. The first-order valence-electron chi connectivity index (χ1n) is 6.39. The zero-order chi connectivity index (χ0) is 12.3. The van der Waals surface area contributed by atoms with Crippen molar-refractivity contribution in [3.8, 4) is 0 Å². The Labute approximate surface area is 108 Å². The van der Waals surface area contributed by atoms with Crippen molar-refractivity contribution in [2.75, 3.05) is 6.61 Å². The standard InChI is InChI=1S/C14H20ClNO/c1-2-12(7-8-17)16-14-6-3-10-9-11(15)4-5-13(10)14/h4-5,9,12,14,16-17H,2-3,6-8H2,1H3. The van der Waals surface area contributed by atoms with Gasteiger partial charge >= 0.3 is 0 Å². The summed E-state index contributed by atoms with van der Waals surface area (Å²) < 4.78 is 0. The van der Waals surface area contributed by atoms with Crippen LogP contribution in [-0.2, 0) is 6.42 Å². The van der Waals surface area contributed by atoms with Gasteiger partial charge in [0.1, 0.15) is 0 Å². The Balaban J connectivity index is 2.06. The number of rotatable bonds is 5. The van der Waals surface area contributed by atoms with Gasteiger partial charge in [-0.3, -0.25) is 0 Å². The number of hydrogen-bond acceptors (Lipinski definition) is 2. The van der Waals surface area contributed by atoms with E-state index in [2.05, 4.69) is 24.4 Å². The van der Waals surface area contributed by atoms with E-state index < -0.39 is 0 Å². The minimum absolute atomic E-state index is 0.256. The summed E-state index contributed by atoms with van der Waals surface area (Å²) in [6.07, 6.45) is 4.12. The number of benzene rings is 1. The zero-order valence-electron chi connectivity index (χ0n) is 10.2. The van der Waals surface area contributed by atoms with Crippen LogP contribution < -0.4 is 5.32 Å². The Morgan fingerprint density at radius 1 is 1.53 bits per heavy atom. The molecule has 2 nitrogen and oxygen atoms in total. The van der Waals surface area contributed by atoms with E-state index >= 15 is 0 Å². The van der Waals surface area contributed by atoms with Crippen molar-refractivity contribution in [1.82, 2.24) is 5.32 Å². The predicted molar refractivity (Wildman–Crippen MR) is 71.4 cm³/mol. The molecule has 1 aliphatic carbocycles. The smallest absolute Gasteiger partial charge is 0.0445 e. The molecule has 0 saturated carbocycles. The van der Waals surface area contributed by atoms with Crippen LogP contribution in [0.2, 0.25) is 5.02 Å². The summed E-state index contributed by atoms with van der Waals surface area (Å²) >= 11 is 6.00. The van der Waals surface area contributed by atoms with Crippen LogP contribution in [0.3, 0.4) is 0 Å². The molecule has 0 saturated heterocycles. The van der Waals surface area contributed by atoms with Crippen molar-refractivity contribution >= 4 is 11.6 Å². The van der Waals surface area contributed by atoms with Gasteiger partial charge in [0.25, 0.3) is 0 Å². The van der Waals surface area contributed by atoms with Gasteiger partial charge in [-0.1, -0.05) is 24.6 Å². The summed E-state index contributed by atoms with van der Waals surface area (Å²) in [6, 6.07) is 7.01. The van der Waals surface area contributed by atoms with Gasteiger partial charge in [-0.25, -0.2) is 0 Å². The second-order valence-corrected chi connectivity index (χ2v) is 5.15. The first-order chi connectivity index (χ1) is 8.24. The molecule has 1 aliphatic rings. The minimum Gasteiger partial charge on any atom is -0.396 e. The molecule has 2 N–H and O–H groups in total. The summed E-state index contributed by atoms with van der Waals surface area (Å²) in [4.78, 5) is 0. The molecular formula is C14H20ClNO. The van der Waals surface area contributed by atoms with Crippen LogP contribution in [0.1, 0.15) is 43.4 Å². The fraction of sp³-hybridized carbons (Fsp3) is 0.571. The molecule has 2 atom stereocenters. The molecule has 17 heavy (non-hydrogen) atoms. The summed E-state index contributed by atoms with van der Waals surface area (Å²) in [5, 5.41) is 13.5. The fourth-order valence-corrected chi connectivity index (χ4v) is 2.80. The number of halogens is 1. The van der Waals surface area contributed by atoms with Crippen LogP contribution >= 0.6 is 11.6 Å². The quantitative estimate of drug-likeness (QED) is 0.845. The zero-order valence-corrected chi connectivity index (χ0v) is 11.0. The molecule has 0 heterocycles. The van der Waals surface area contributed by atoms with E-state index in [0.717, 1.165) is 30.7 Å². The van der Waals surface area contributed by atoms with Gasteiger partial charge in [0.2, 0.25) is 0 Å². The molecule has 2 rings (SSSR count). The Bertz CT molecular complexity index is 380. The predicted octanol–water partition coefficient (Wildman–Crippen LogP) is 3.08. The molecule has 94 valence electrons. The van der Waals surface area contributed by atoms with E-state index in [0.29, 0.717) is 12.1 Å². The minimum atomic E-state index is 0.256. The lowest BCUT2D eigenvalue weighted by Crippen LogP contribution is -2.32. The molecule has 0 spiro atoms. The van der Waals surface area contributed by atoms with Crippen molar-refractivity contribution in [2.24, 2.45) is 0 Å². The fourth-order valence-electron chi connectivity index (χ4n) is 2.60. The molecule has 0 aliphatic heterocycles. The SMILES string of the molecule is CCC(CCO)NC1CCc2cc(Cl)ccc21. The molecule has 0 bridgehead atoms. The molecule has 0 fully saturated rings. The lowest BCUT2D eigenvalue weighted by molar-refractivity contribution is 0.255. The maximum Gasteiger partial charge on any atom is 0.0445 e. The number of nitrogens with one attached hydrogen (secondary N) is 1. The number of fused-ring (bicyclic) bond motifs is 1. The van der Waals surface area contributed by atoms with Crippen LogP contribution in [0.4, 0.5) is 0 Å². The highest BCUT2D eigenvalue weighted by atomic mass is 35.5. The van der Waals surface area contributed by atoms with Crippen LogP contribution in [0.5, 0.6) is 0 Å². The molecule has 3 heteroatoms. The van der Waals surface area contributed by atoms with Gasteiger partial charge in [0, 0.05) is 23.7 Å². The summed E-state index contributed by atoms with van der Waals surface area (Å²) in [5.74, 6) is 0. The van der Waals surface area contributed by atoms with E-state index in [1.165, 1.54) is 11.1 Å². The maximum atomic E-state index is 9.02. The van der Waals surface area contributed by atoms with Crippen molar-refractivity contribution in [2.45, 2.75) is 44.7 Å². The van der Waals surface area contributed by atoms with Gasteiger partial charge in [-0.05, 0) is 48.9 Å². The summed E-state index contributed by atoms with van der Waals surface area (Å²) in [5.41, 5.74) is 2.75. The van der Waals surface area contributed by atoms with Crippen LogP contribution in [0, 0.1) is 0 Å². The third-order valence-electron chi connectivity index (χ3n) is 3.59. The van der Waals surface area contributed by atoms with Gasteiger partial charge < -0.3 is 10.4 Å². The first kappa shape index (κ1) is 12.9. The van der Waals surface area contributed by atoms with Crippen LogP contribution in [0.25, 0.3) is 0 Å². The molecule has 0 radical (unpaired) electrons. The summed E-state index contributed by atoms with van der Waals surface area (Å²) in [6.45, 7) is 2.41. The van der Waals surface area contributed by atoms with E-state index in [9.17, 15) is 0 Å². The third kappa shape index (κ3) is 3.01. The van der Waals surface area contributed by atoms with Gasteiger partial charge in [0.05, 0.1) is 0 Å². The maximum absolute atomic E-state index is 9.02. The highest BCUT2D eigenvalue weighted by Crippen LogP contribution is 2.33. The highest BCUT2D eigenvalue weighted by molar-refractivity contribution is 6.30. The molecule has 1 aromatic carbocycles. The largest absolute Gasteiger partial charge is 0.396 e.